The van der Waals surface area contributed by atoms with Gasteiger partial charge in [0.15, 0.2) is 5.82 Å². The summed E-state index contributed by atoms with van der Waals surface area (Å²) in [4.78, 5) is 29.4. The van der Waals surface area contributed by atoms with Gasteiger partial charge in [-0.2, -0.15) is 0 Å². The lowest BCUT2D eigenvalue weighted by Gasteiger charge is -2.38. The first-order valence-electron chi connectivity index (χ1n) is 7.31. The molecular formula is C16H18Cl2N2O2. The van der Waals surface area contributed by atoms with Crippen molar-refractivity contribution in [1.82, 2.24) is 4.98 Å². The highest BCUT2D eigenvalue weighted by Crippen LogP contribution is 2.70. The first-order chi connectivity index (χ1) is 10.1. The summed E-state index contributed by atoms with van der Waals surface area (Å²) in [6.45, 7) is 6.00. The second-order valence-corrected chi connectivity index (χ2v) is 7.85. The standard InChI is InChI=1S/C16H18Cl2N2O2/c1-14(2)15(3)6-7-16(14,8-10(15)21)13(22)20-12-9(17)4-5-11(18)19-12/h4-5H,6-8H2,1-3H3,(H,19,20,22). The molecule has 6 heteroatoms. The Morgan fingerprint density at radius 2 is 1.91 bits per heavy atom. The maximum Gasteiger partial charge on any atom is 0.232 e. The van der Waals surface area contributed by atoms with E-state index in [0.717, 1.165) is 6.42 Å². The van der Waals surface area contributed by atoms with Gasteiger partial charge < -0.3 is 5.32 Å². The van der Waals surface area contributed by atoms with Crippen molar-refractivity contribution in [1.29, 1.82) is 0 Å². The van der Waals surface area contributed by atoms with Gasteiger partial charge in [0.1, 0.15) is 10.9 Å². The summed E-state index contributed by atoms with van der Waals surface area (Å²) in [5.74, 6) is 0.227. The molecule has 2 aliphatic carbocycles. The van der Waals surface area contributed by atoms with Crippen molar-refractivity contribution in [2.24, 2.45) is 16.2 Å². The Balaban J connectivity index is 1.96. The molecule has 1 aromatic heterocycles. The molecule has 118 valence electrons. The van der Waals surface area contributed by atoms with E-state index < -0.39 is 16.2 Å². The van der Waals surface area contributed by atoms with Crippen molar-refractivity contribution in [2.45, 2.75) is 40.0 Å². The highest BCUT2D eigenvalue weighted by atomic mass is 35.5. The fraction of sp³-hybridized carbons (Fsp3) is 0.562. The second kappa shape index (κ2) is 4.68. The van der Waals surface area contributed by atoms with Crippen LogP contribution in [0.25, 0.3) is 0 Å². The Bertz CT molecular complexity index is 689. The van der Waals surface area contributed by atoms with E-state index in [2.05, 4.69) is 10.3 Å². The van der Waals surface area contributed by atoms with E-state index in [1.54, 1.807) is 12.1 Å². The molecule has 2 aliphatic rings. The van der Waals surface area contributed by atoms with Crippen molar-refractivity contribution in [3.63, 3.8) is 0 Å². The van der Waals surface area contributed by atoms with Crippen LogP contribution < -0.4 is 5.32 Å². The lowest BCUT2D eigenvalue weighted by Crippen LogP contribution is -2.43. The predicted octanol–water partition coefficient (Wildman–Crippen LogP) is 4.11. The number of fused-ring (bicyclic) bond motifs is 2. The van der Waals surface area contributed by atoms with E-state index in [4.69, 9.17) is 23.2 Å². The minimum Gasteiger partial charge on any atom is -0.309 e. The molecule has 2 fully saturated rings. The SMILES string of the molecule is CC12CCC(C(=O)Nc3nc(Cl)ccc3Cl)(CC1=O)C2(C)C. The molecule has 1 amide bonds. The molecule has 0 spiro atoms. The van der Waals surface area contributed by atoms with Crippen LogP contribution in [0.5, 0.6) is 0 Å². The number of nitrogens with one attached hydrogen (secondary N) is 1. The zero-order valence-corrected chi connectivity index (χ0v) is 14.3. The van der Waals surface area contributed by atoms with Crippen molar-refractivity contribution in [2.75, 3.05) is 5.32 Å². The molecule has 2 atom stereocenters. The molecule has 3 rings (SSSR count). The highest BCUT2D eigenvalue weighted by Gasteiger charge is 2.72. The second-order valence-electron chi connectivity index (χ2n) is 7.06. The molecule has 1 N–H and O–H groups in total. The van der Waals surface area contributed by atoms with E-state index in [1.807, 2.05) is 20.8 Å². The third-order valence-corrected chi connectivity index (χ3v) is 6.70. The van der Waals surface area contributed by atoms with Crippen LogP contribution in [-0.2, 0) is 9.59 Å². The molecule has 22 heavy (non-hydrogen) atoms. The van der Waals surface area contributed by atoms with Crippen molar-refractivity contribution in [3.8, 4) is 0 Å². The lowest BCUT2D eigenvalue weighted by molar-refractivity contribution is -0.131. The number of anilines is 1. The van der Waals surface area contributed by atoms with Crippen molar-refractivity contribution >= 4 is 40.7 Å². The van der Waals surface area contributed by atoms with E-state index in [-0.39, 0.29) is 29.1 Å². The molecule has 1 heterocycles. The van der Waals surface area contributed by atoms with Crippen LogP contribution in [0, 0.1) is 16.2 Å². The number of hydrogen-bond donors (Lipinski definition) is 1. The highest BCUT2D eigenvalue weighted by molar-refractivity contribution is 6.34. The predicted molar refractivity (Wildman–Crippen MR) is 86.1 cm³/mol. The van der Waals surface area contributed by atoms with E-state index in [0.29, 0.717) is 11.4 Å². The summed E-state index contributed by atoms with van der Waals surface area (Å²) < 4.78 is 0. The third-order valence-electron chi connectivity index (χ3n) is 6.18. The quantitative estimate of drug-likeness (QED) is 0.824. The molecule has 1 aromatic rings. The smallest absolute Gasteiger partial charge is 0.232 e. The van der Waals surface area contributed by atoms with Crippen molar-refractivity contribution in [3.05, 3.63) is 22.3 Å². The molecule has 0 radical (unpaired) electrons. The Kier molecular flexibility index (Phi) is 3.35. The normalized spacial score (nSPS) is 32.3. The lowest BCUT2D eigenvalue weighted by atomic mass is 9.64. The topological polar surface area (TPSA) is 59.1 Å². The molecular weight excluding hydrogens is 323 g/mol. The first-order valence-corrected chi connectivity index (χ1v) is 8.06. The number of Topliss-reactive ketones (excluding diaryl/α,β-unsaturated/α-hetero) is 1. The molecule has 2 bridgehead atoms. The number of carbonyl (C=O) groups is 2. The third kappa shape index (κ3) is 1.80. The van der Waals surface area contributed by atoms with Crippen LogP contribution in [0.2, 0.25) is 10.2 Å². The summed E-state index contributed by atoms with van der Waals surface area (Å²) in [5.41, 5.74) is -1.53. The van der Waals surface area contributed by atoms with Crippen LogP contribution in [0.3, 0.4) is 0 Å². The molecule has 0 aliphatic heterocycles. The zero-order chi connectivity index (χ0) is 16.3. The minimum atomic E-state index is -0.702. The number of halogens is 2. The number of carbonyl (C=O) groups excluding carboxylic acids is 2. The van der Waals surface area contributed by atoms with Crippen LogP contribution in [0.15, 0.2) is 12.1 Å². The van der Waals surface area contributed by atoms with Gasteiger partial charge in [-0.25, -0.2) is 4.98 Å². The van der Waals surface area contributed by atoms with Crippen LogP contribution >= 0.6 is 23.2 Å². The molecule has 2 unspecified atom stereocenters. The van der Waals surface area contributed by atoms with Gasteiger partial charge >= 0.3 is 0 Å². The number of ketones is 1. The summed E-state index contributed by atoms with van der Waals surface area (Å²) in [5, 5.41) is 3.38. The Morgan fingerprint density at radius 3 is 2.45 bits per heavy atom. The van der Waals surface area contributed by atoms with E-state index >= 15 is 0 Å². The van der Waals surface area contributed by atoms with Gasteiger partial charge in [-0.15, -0.1) is 0 Å². The average Bonchev–Trinajstić information content (AvgIpc) is 2.73. The fourth-order valence-corrected chi connectivity index (χ4v) is 4.39. The van der Waals surface area contributed by atoms with E-state index in [9.17, 15) is 9.59 Å². The van der Waals surface area contributed by atoms with Crippen LogP contribution in [0.4, 0.5) is 5.82 Å². The fourth-order valence-electron chi connectivity index (χ4n) is 4.09. The Hall–Kier alpha value is -1.13. The van der Waals surface area contributed by atoms with Gasteiger partial charge in [0.2, 0.25) is 5.91 Å². The average molecular weight is 341 g/mol. The van der Waals surface area contributed by atoms with Gasteiger partial charge in [0, 0.05) is 11.8 Å². The van der Waals surface area contributed by atoms with Crippen LogP contribution in [-0.4, -0.2) is 16.7 Å². The van der Waals surface area contributed by atoms with Gasteiger partial charge in [0.05, 0.1) is 10.4 Å². The summed E-state index contributed by atoms with van der Waals surface area (Å²) in [6.07, 6.45) is 1.72. The largest absolute Gasteiger partial charge is 0.309 e. The Morgan fingerprint density at radius 1 is 1.23 bits per heavy atom. The maximum atomic E-state index is 13.0. The van der Waals surface area contributed by atoms with Gasteiger partial charge in [-0.3, -0.25) is 9.59 Å². The van der Waals surface area contributed by atoms with Crippen molar-refractivity contribution < 1.29 is 9.59 Å². The first kappa shape index (κ1) is 15.8. The van der Waals surface area contributed by atoms with Crippen LogP contribution in [0.1, 0.15) is 40.0 Å². The zero-order valence-electron chi connectivity index (χ0n) is 12.8. The number of pyridine rings is 1. The maximum absolute atomic E-state index is 13.0. The number of aromatic nitrogens is 1. The number of rotatable bonds is 2. The van der Waals surface area contributed by atoms with E-state index in [1.165, 1.54) is 0 Å². The monoisotopic (exact) mass is 340 g/mol. The van der Waals surface area contributed by atoms with Gasteiger partial charge in [-0.1, -0.05) is 44.0 Å². The number of hydrogen-bond acceptors (Lipinski definition) is 3. The number of nitrogens with zero attached hydrogens (tertiary/aromatic N) is 1. The molecule has 4 nitrogen and oxygen atoms in total. The number of amides is 1. The Labute approximate surface area is 139 Å². The molecule has 0 aromatic carbocycles. The summed E-state index contributed by atoms with van der Waals surface area (Å²) >= 11 is 11.9. The molecule has 0 saturated heterocycles. The van der Waals surface area contributed by atoms with Gasteiger partial charge in [0.25, 0.3) is 0 Å². The molecule has 2 saturated carbocycles. The summed E-state index contributed by atoms with van der Waals surface area (Å²) in [6, 6.07) is 3.15. The minimum absolute atomic E-state index is 0.170. The van der Waals surface area contributed by atoms with Gasteiger partial charge in [-0.05, 0) is 30.4 Å². The summed E-state index contributed by atoms with van der Waals surface area (Å²) in [7, 11) is 0.